The maximum Gasteiger partial charge on any atom is 0.338 e. The molecule has 0 saturated carbocycles. The first-order chi connectivity index (χ1) is 17.9. The Morgan fingerprint density at radius 1 is 1.00 bits per heavy atom. The zero-order valence-corrected chi connectivity index (χ0v) is 20.9. The molecule has 0 spiro atoms. The summed E-state index contributed by atoms with van der Waals surface area (Å²) in [6, 6.07) is 18.5. The summed E-state index contributed by atoms with van der Waals surface area (Å²) >= 11 is 0. The minimum absolute atomic E-state index is 0.0187. The molecule has 37 heavy (non-hydrogen) atoms. The molecule has 0 saturated heterocycles. The number of benzene rings is 3. The van der Waals surface area contributed by atoms with Gasteiger partial charge in [0.05, 0.1) is 36.3 Å². The predicted octanol–water partition coefficient (Wildman–Crippen LogP) is 5.82. The van der Waals surface area contributed by atoms with Crippen LogP contribution in [0, 0.1) is 6.92 Å². The number of anilines is 1. The molecule has 0 radical (unpaired) electrons. The number of hydrogen-bond acceptors (Lipinski definition) is 6. The molecular weight excluding hydrogens is 470 g/mol. The molecule has 0 aliphatic carbocycles. The quantitative estimate of drug-likeness (QED) is 0.236. The van der Waals surface area contributed by atoms with Gasteiger partial charge < -0.3 is 13.9 Å². The third kappa shape index (κ3) is 4.37. The summed E-state index contributed by atoms with van der Waals surface area (Å²) in [5, 5.41) is 0.428. The van der Waals surface area contributed by atoms with Gasteiger partial charge in [-0.05, 0) is 67.4 Å². The molecule has 7 heteroatoms. The van der Waals surface area contributed by atoms with Crippen LogP contribution in [0.25, 0.3) is 11.0 Å². The average molecular weight is 498 g/mol. The Kier molecular flexibility index (Phi) is 6.53. The van der Waals surface area contributed by atoms with Crippen LogP contribution in [0.4, 0.5) is 5.69 Å². The van der Waals surface area contributed by atoms with Gasteiger partial charge in [-0.15, -0.1) is 0 Å². The molecule has 7 nitrogen and oxygen atoms in total. The van der Waals surface area contributed by atoms with Crippen LogP contribution < -0.4 is 15.1 Å². The van der Waals surface area contributed by atoms with E-state index in [1.165, 1.54) is 4.90 Å². The number of unbranched alkanes of at least 4 members (excludes halogenated alkanes) is 1. The van der Waals surface area contributed by atoms with E-state index in [2.05, 4.69) is 0 Å². The zero-order valence-electron chi connectivity index (χ0n) is 20.9. The number of amides is 1. The predicted molar refractivity (Wildman–Crippen MR) is 140 cm³/mol. The molecule has 1 aromatic heterocycles. The van der Waals surface area contributed by atoms with Gasteiger partial charge in [0.15, 0.2) is 5.43 Å². The van der Waals surface area contributed by atoms with Gasteiger partial charge in [-0.3, -0.25) is 14.5 Å². The number of hydrogen-bond donors (Lipinski definition) is 0. The van der Waals surface area contributed by atoms with Crippen molar-refractivity contribution in [2.75, 3.05) is 18.6 Å². The minimum Gasteiger partial charge on any atom is -0.497 e. The lowest BCUT2D eigenvalue weighted by molar-refractivity contribution is 0.0499. The standard InChI is InChI=1S/C30H27NO6/c1-4-5-16-36-30(34)20-7-11-21(12-8-20)31-26(19-9-13-22(35-3)14-10-19)25-27(32)23-17-18(2)6-15-24(23)37-28(25)29(31)33/h6-15,17,26H,4-5,16H2,1-3H3. The second-order valence-electron chi connectivity index (χ2n) is 9.06. The van der Waals surface area contributed by atoms with Crippen molar-refractivity contribution >= 4 is 28.5 Å². The first kappa shape index (κ1) is 24.3. The molecule has 4 aromatic rings. The average Bonchev–Trinajstić information content (AvgIpc) is 3.21. The Hall–Kier alpha value is -4.39. The smallest absolute Gasteiger partial charge is 0.338 e. The number of ether oxygens (including phenoxy) is 2. The monoisotopic (exact) mass is 497 g/mol. The van der Waals surface area contributed by atoms with Gasteiger partial charge in [-0.1, -0.05) is 37.1 Å². The lowest BCUT2D eigenvalue weighted by Crippen LogP contribution is -2.29. The third-order valence-corrected chi connectivity index (χ3v) is 6.57. The van der Waals surface area contributed by atoms with Crippen LogP contribution in [0.2, 0.25) is 0 Å². The topological polar surface area (TPSA) is 86.0 Å². The van der Waals surface area contributed by atoms with E-state index in [-0.39, 0.29) is 16.8 Å². The molecule has 0 fully saturated rings. The molecule has 1 atom stereocenters. The second kappa shape index (κ2) is 9.93. The van der Waals surface area contributed by atoms with E-state index >= 15 is 0 Å². The number of aryl methyl sites for hydroxylation is 1. The van der Waals surface area contributed by atoms with Crippen molar-refractivity contribution in [2.24, 2.45) is 0 Å². The fourth-order valence-corrected chi connectivity index (χ4v) is 4.61. The van der Waals surface area contributed by atoms with Gasteiger partial charge in [0.25, 0.3) is 5.91 Å². The van der Waals surface area contributed by atoms with Crippen LogP contribution in [0.1, 0.15) is 63.4 Å². The second-order valence-corrected chi connectivity index (χ2v) is 9.06. The summed E-state index contributed by atoms with van der Waals surface area (Å²) in [5.74, 6) is -0.160. The van der Waals surface area contributed by atoms with Crippen molar-refractivity contribution in [2.45, 2.75) is 32.7 Å². The van der Waals surface area contributed by atoms with Gasteiger partial charge in [0, 0.05) is 5.69 Å². The summed E-state index contributed by atoms with van der Waals surface area (Å²) in [6.45, 7) is 4.29. The van der Waals surface area contributed by atoms with E-state index in [4.69, 9.17) is 13.9 Å². The molecule has 1 unspecified atom stereocenters. The maximum atomic E-state index is 13.7. The summed E-state index contributed by atoms with van der Waals surface area (Å²) < 4.78 is 16.6. The lowest BCUT2D eigenvalue weighted by Gasteiger charge is -2.25. The number of nitrogens with zero attached hydrogens (tertiary/aromatic N) is 1. The van der Waals surface area contributed by atoms with Gasteiger partial charge in [0.1, 0.15) is 11.3 Å². The number of rotatable bonds is 7. The molecule has 3 aromatic carbocycles. The molecule has 1 aliphatic rings. The molecular formula is C30H27NO6. The largest absolute Gasteiger partial charge is 0.497 e. The Morgan fingerprint density at radius 3 is 2.41 bits per heavy atom. The van der Waals surface area contributed by atoms with Crippen LogP contribution in [-0.2, 0) is 4.74 Å². The van der Waals surface area contributed by atoms with Crippen molar-refractivity contribution in [3.63, 3.8) is 0 Å². The van der Waals surface area contributed by atoms with Crippen molar-refractivity contribution in [3.05, 3.63) is 105 Å². The van der Waals surface area contributed by atoms with Crippen molar-refractivity contribution in [1.82, 2.24) is 0 Å². The van der Waals surface area contributed by atoms with E-state index in [1.807, 2.05) is 32.0 Å². The molecule has 1 aliphatic heterocycles. The van der Waals surface area contributed by atoms with E-state index in [0.29, 0.717) is 34.6 Å². The number of methoxy groups -OCH3 is 1. The molecule has 0 bridgehead atoms. The first-order valence-electron chi connectivity index (χ1n) is 12.2. The zero-order chi connectivity index (χ0) is 26.1. The molecule has 0 N–H and O–H groups in total. The number of fused-ring (bicyclic) bond motifs is 2. The summed E-state index contributed by atoms with van der Waals surface area (Å²) in [4.78, 5) is 41.4. The van der Waals surface area contributed by atoms with Crippen molar-refractivity contribution in [3.8, 4) is 5.75 Å². The van der Waals surface area contributed by atoms with Crippen molar-refractivity contribution < 1.29 is 23.5 Å². The summed E-state index contributed by atoms with van der Waals surface area (Å²) in [7, 11) is 1.58. The van der Waals surface area contributed by atoms with Crippen LogP contribution in [0.5, 0.6) is 5.75 Å². The Bertz CT molecular complexity index is 1540. The van der Waals surface area contributed by atoms with Crippen molar-refractivity contribution in [1.29, 1.82) is 0 Å². The van der Waals surface area contributed by atoms with Crippen LogP contribution in [-0.4, -0.2) is 25.6 Å². The Morgan fingerprint density at radius 2 is 1.73 bits per heavy atom. The summed E-state index contributed by atoms with van der Waals surface area (Å²) in [6.07, 6.45) is 1.72. The number of carbonyl (C=O) groups excluding carboxylic acids is 2. The van der Waals surface area contributed by atoms with E-state index in [9.17, 15) is 14.4 Å². The molecule has 5 rings (SSSR count). The van der Waals surface area contributed by atoms with Crippen LogP contribution >= 0.6 is 0 Å². The fourth-order valence-electron chi connectivity index (χ4n) is 4.61. The maximum absolute atomic E-state index is 13.7. The van der Waals surface area contributed by atoms with Gasteiger partial charge in [-0.2, -0.15) is 0 Å². The van der Waals surface area contributed by atoms with Gasteiger partial charge in [-0.25, -0.2) is 4.79 Å². The third-order valence-electron chi connectivity index (χ3n) is 6.57. The van der Waals surface area contributed by atoms with E-state index in [0.717, 1.165) is 24.0 Å². The highest BCUT2D eigenvalue weighted by Gasteiger charge is 2.43. The SMILES string of the molecule is CCCCOC(=O)c1ccc(N2C(=O)c3oc4ccc(C)cc4c(=O)c3C2c2ccc(OC)cc2)cc1. The van der Waals surface area contributed by atoms with Gasteiger partial charge >= 0.3 is 5.97 Å². The molecule has 2 heterocycles. The highest BCUT2D eigenvalue weighted by molar-refractivity contribution is 6.10. The molecule has 1 amide bonds. The summed E-state index contributed by atoms with van der Waals surface area (Å²) in [5.41, 5.74) is 2.98. The Labute approximate surface area is 214 Å². The Balaban J connectivity index is 1.62. The minimum atomic E-state index is -0.711. The van der Waals surface area contributed by atoms with E-state index < -0.39 is 17.9 Å². The number of carbonyl (C=O) groups is 2. The normalized spacial score (nSPS) is 14.6. The molecule has 188 valence electrons. The van der Waals surface area contributed by atoms with E-state index in [1.54, 1.807) is 55.6 Å². The lowest BCUT2D eigenvalue weighted by atomic mass is 9.97. The van der Waals surface area contributed by atoms with Gasteiger partial charge in [0.2, 0.25) is 5.76 Å². The van der Waals surface area contributed by atoms with Crippen LogP contribution in [0.15, 0.2) is 75.9 Å². The highest BCUT2D eigenvalue weighted by atomic mass is 16.5. The first-order valence-corrected chi connectivity index (χ1v) is 12.2. The highest BCUT2D eigenvalue weighted by Crippen LogP contribution is 2.41. The fraction of sp³-hybridized carbons (Fsp3) is 0.233. The van der Waals surface area contributed by atoms with Crippen LogP contribution in [0.3, 0.4) is 0 Å². The number of esters is 1.